The molecule has 0 bridgehead atoms. The van der Waals surface area contributed by atoms with Gasteiger partial charge in [-0.25, -0.2) is 4.98 Å². The van der Waals surface area contributed by atoms with E-state index in [1.807, 2.05) is 6.92 Å². The number of anilines is 1. The normalized spacial score (nSPS) is 10.5. The first-order valence-electron chi connectivity index (χ1n) is 7.30. The molecule has 0 unspecified atom stereocenters. The van der Waals surface area contributed by atoms with Gasteiger partial charge in [0.05, 0.1) is 18.6 Å². The second-order valence-electron chi connectivity index (χ2n) is 4.97. The molecule has 0 radical (unpaired) electrons. The van der Waals surface area contributed by atoms with Crippen LogP contribution >= 0.6 is 23.4 Å². The van der Waals surface area contributed by atoms with E-state index in [1.54, 1.807) is 25.1 Å². The van der Waals surface area contributed by atoms with E-state index in [4.69, 9.17) is 16.3 Å². The van der Waals surface area contributed by atoms with E-state index in [0.29, 0.717) is 39.3 Å². The molecule has 2 N–H and O–H groups in total. The highest BCUT2D eigenvalue weighted by Gasteiger charge is 2.11. The summed E-state index contributed by atoms with van der Waals surface area (Å²) in [6.45, 7) is 3.69. The Bertz CT molecular complexity index is 808. The van der Waals surface area contributed by atoms with Crippen molar-refractivity contribution in [3.63, 3.8) is 0 Å². The van der Waals surface area contributed by atoms with Gasteiger partial charge < -0.3 is 15.0 Å². The van der Waals surface area contributed by atoms with E-state index in [9.17, 15) is 9.59 Å². The van der Waals surface area contributed by atoms with Crippen LogP contribution in [0.2, 0.25) is 5.02 Å². The van der Waals surface area contributed by atoms with Crippen molar-refractivity contribution >= 4 is 35.0 Å². The number of hydrogen-bond acceptors (Lipinski definition) is 5. The van der Waals surface area contributed by atoms with Crippen LogP contribution in [0.4, 0.5) is 5.69 Å². The SMILES string of the molecule is CCc1c(C)nc(SCC(=O)Nc2cc(Cl)ccc2OC)[nH]c1=O. The lowest BCUT2D eigenvalue weighted by Crippen LogP contribution is -2.18. The number of ether oxygens (including phenoxy) is 1. The Morgan fingerprint density at radius 1 is 1.46 bits per heavy atom. The first-order chi connectivity index (χ1) is 11.4. The Balaban J connectivity index is 2.04. The summed E-state index contributed by atoms with van der Waals surface area (Å²) >= 11 is 7.09. The average molecular weight is 368 g/mol. The number of H-pyrrole nitrogens is 1. The number of amides is 1. The third kappa shape index (κ3) is 4.52. The van der Waals surface area contributed by atoms with E-state index in [1.165, 1.54) is 7.11 Å². The molecule has 0 saturated carbocycles. The summed E-state index contributed by atoms with van der Waals surface area (Å²) in [7, 11) is 1.51. The van der Waals surface area contributed by atoms with E-state index in [-0.39, 0.29) is 17.2 Å². The van der Waals surface area contributed by atoms with Crippen LogP contribution in [-0.4, -0.2) is 28.7 Å². The van der Waals surface area contributed by atoms with Crippen LogP contribution < -0.4 is 15.6 Å². The minimum absolute atomic E-state index is 0.101. The lowest BCUT2D eigenvalue weighted by Gasteiger charge is -2.10. The first kappa shape index (κ1) is 18.4. The molecule has 0 fully saturated rings. The number of aromatic amines is 1. The smallest absolute Gasteiger partial charge is 0.254 e. The van der Waals surface area contributed by atoms with E-state index in [0.717, 1.165) is 11.8 Å². The Morgan fingerprint density at radius 2 is 2.21 bits per heavy atom. The summed E-state index contributed by atoms with van der Waals surface area (Å²) < 4.78 is 5.18. The molecule has 0 atom stereocenters. The zero-order valence-electron chi connectivity index (χ0n) is 13.6. The second kappa shape index (κ2) is 8.21. The van der Waals surface area contributed by atoms with Gasteiger partial charge in [0.25, 0.3) is 5.56 Å². The zero-order chi connectivity index (χ0) is 17.7. The van der Waals surface area contributed by atoms with Crippen molar-refractivity contribution in [2.24, 2.45) is 0 Å². The molecule has 0 spiro atoms. The van der Waals surface area contributed by atoms with Gasteiger partial charge in [-0.15, -0.1) is 0 Å². The van der Waals surface area contributed by atoms with Gasteiger partial charge in [0, 0.05) is 16.3 Å². The predicted molar refractivity (Wildman–Crippen MR) is 96.3 cm³/mol. The largest absolute Gasteiger partial charge is 0.495 e. The molecule has 1 amide bonds. The lowest BCUT2D eigenvalue weighted by atomic mass is 10.2. The number of carbonyl (C=O) groups excluding carboxylic acids is 1. The predicted octanol–water partition coefficient (Wildman–Crippen LogP) is 3.03. The van der Waals surface area contributed by atoms with Crippen LogP contribution in [0.25, 0.3) is 0 Å². The van der Waals surface area contributed by atoms with Gasteiger partial charge in [0.1, 0.15) is 5.75 Å². The molecule has 2 rings (SSSR count). The molecule has 0 saturated heterocycles. The molecule has 0 aliphatic carbocycles. The molecule has 2 aromatic rings. The molecule has 128 valence electrons. The molecule has 24 heavy (non-hydrogen) atoms. The van der Waals surface area contributed by atoms with Crippen molar-refractivity contribution in [1.29, 1.82) is 0 Å². The van der Waals surface area contributed by atoms with Gasteiger partial charge in [-0.3, -0.25) is 9.59 Å². The fourth-order valence-electron chi connectivity index (χ4n) is 2.17. The van der Waals surface area contributed by atoms with Gasteiger partial charge >= 0.3 is 0 Å². The maximum Gasteiger partial charge on any atom is 0.254 e. The lowest BCUT2D eigenvalue weighted by molar-refractivity contribution is -0.113. The highest BCUT2D eigenvalue weighted by atomic mass is 35.5. The number of nitrogens with one attached hydrogen (secondary N) is 2. The fraction of sp³-hybridized carbons (Fsp3) is 0.312. The topological polar surface area (TPSA) is 84.1 Å². The number of carbonyl (C=O) groups is 1. The second-order valence-corrected chi connectivity index (χ2v) is 6.37. The molecule has 0 aliphatic rings. The monoisotopic (exact) mass is 367 g/mol. The third-order valence-corrected chi connectivity index (χ3v) is 4.44. The molecular weight excluding hydrogens is 350 g/mol. The van der Waals surface area contributed by atoms with Gasteiger partial charge in [-0.2, -0.15) is 0 Å². The number of thioether (sulfide) groups is 1. The van der Waals surface area contributed by atoms with Crippen molar-refractivity contribution in [2.75, 3.05) is 18.2 Å². The maximum absolute atomic E-state index is 12.1. The van der Waals surface area contributed by atoms with Crippen molar-refractivity contribution in [2.45, 2.75) is 25.4 Å². The van der Waals surface area contributed by atoms with Crippen LogP contribution in [0.15, 0.2) is 28.2 Å². The molecule has 1 heterocycles. The number of nitrogens with zero attached hydrogens (tertiary/aromatic N) is 1. The number of rotatable bonds is 6. The maximum atomic E-state index is 12.1. The first-order valence-corrected chi connectivity index (χ1v) is 8.67. The van der Waals surface area contributed by atoms with Gasteiger partial charge in [0.15, 0.2) is 5.16 Å². The van der Waals surface area contributed by atoms with Crippen molar-refractivity contribution in [3.05, 3.63) is 44.8 Å². The number of hydrogen-bond donors (Lipinski definition) is 2. The quantitative estimate of drug-likeness (QED) is 0.605. The Hall–Kier alpha value is -1.99. The fourth-order valence-corrected chi connectivity index (χ4v) is 3.05. The summed E-state index contributed by atoms with van der Waals surface area (Å²) in [6, 6.07) is 4.97. The standard InChI is InChI=1S/C16H18ClN3O3S/c1-4-11-9(2)18-16(20-15(11)22)24-8-14(21)19-12-7-10(17)5-6-13(12)23-3/h5-7H,4,8H2,1-3H3,(H,19,21)(H,18,20,22). The number of benzene rings is 1. The van der Waals surface area contributed by atoms with Crippen molar-refractivity contribution < 1.29 is 9.53 Å². The number of aromatic nitrogens is 2. The van der Waals surface area contributed by atoms with Crippen LogP contribution in [0, 0.1) is 6.92 Å². The Kier molecular flexibility index (Phi) is 6.28. The van der Waals surface area contributed by atoms with Crippen molar-refractivity contribution in [3.8, 4) is 5.75 Å². The summed E-state index contributed by atoms with van der Waals surface area (Å²) in [5.74, 6) is 0.372. The summed E-state index contributed by atoms with van der Waals surface area (Å²) in [6.07, 6.45) is 0.619. The minimum atomic E-state index is -0.250. The number of aryl methyl sites for hydroxylation is 1. The van der Waals surface area contributed by atoms with Crippen LogP contribution in [0.1, 0.15) is 18.2 Å². The summed E-state index contributed by atoms with van der Waals surface area (Å²) in [4.78, 5) is 31.0. The van der Waals surface area contributed by atoms with E-state index >= 15 is 0 Å². The van der Waals surface area contributed by atoms with Gasteiger partial charge in [0.2, 0.25) is 5.91 Å². The van der Waals surface area contributed by atoms with E-state index in [2.05, 4.69) is 15.3 Å². The average Bonchev–Trinajstić information content (AvgIpc) is 2.53. The summed E-state index contributed by atoms with van der Waals surface area (Å²) in [5, 5.41) is 3.65. The van der Waals surface area contributed by atoms with Crippen LogP contribution in [0.5, 0.6) is 5.75 Å². The Morgan fingerprint density at radius 3 is 2.83 bits per heavy atom. The molecule has 1 aromatic carbocycles. The molecule has 6 nitrogen and oxygen atoms in total. The van der Waals surface area contributed by atoms with Gasteiger partial charge in [-0.05, 0) is 31.5 Å². The summed E-state index contributed by atoms with van der Waals surface area (Å²) in [5.41, 5.74) is 1.67. The van der Waals surface area contributed by atoms with Gasteiger partial charge in [-0.1, -0.05) is 30.3 Å². The van der Waals surface area contributed by atoms with Crippen LogP contribution in [-0.2, 0) is 11.2 Å². The molecular formula is C16H18ClN3O3S. The highest BCUT2D eigenvalue weighted by molar-refractivity contribution is 7.99. The number of methoxy groups -OCH3 is 1. The zero-order valence-corrected chi connectivity index (χ0v) is 15.2. The number of halogens is 1. The van der Waals surface area contributed by atoms with Crippen molar-refractivity contribution in [1.82, 2.24) is 9.97 Å². The third-order valence-electron chi connectivity index (χ3n) is 3.33. The molecule has 1 aromatic heterocycles. The molecule has 8 heteroatoms. The van der Waals surface area contributed by atoms with E-state index < -0.39 is 0 Å². The molecule has 0 aliphatic heterocycles. The Labute approximate surface area is 149 Å². The highest BCUT2D eigenvalue weighted by Crippen LogP contribution is 2.28. The van der Waals surface area contributed by atoms with Crippen LogP contribution in [0.3, 0.4) is 0 Å². The minimum Gasteiger partial charge on any atom is -0.495 e.